The summed E-state index contributed by atoms with van der Waals surface area (Å²) in [6, 6.07) is 15.6. The van der Waals surface area contributed by atoms with Crippen LogP contribution in [0.3, 0.4) is 0 Å². The number of carbonyl (C=O) groups excluding carboxylic acids is 1. The smallest absolute Gasteiger partial charge is 0.234 e. The molecule has 0 spiro atoms. The predicted molar refractivity (Wildman–Crippen MR) is 123 cm³/mol. The Labute approximate surface area is 181 Å². The lowest BCUT2D eigenvalue weighted by atomic mass is 10.1. The van der Waals surface area contributed by atoms with Gasteiger partial charge in [0.1, 0.15) is 17.4 Å². The normalized spacial score (nSPS) is 10.6. The highest BCUT2D eigenvalue weighted by Gasteiger charge is 2.17. The number of aromatic nitrogens is 1. The van der Waals surface area contributed by atoms with E-state index in [1.807, 2.05) is 48.7 Å². The van der Waals surface area contributed by atoms with Gasteiger partial charge in [-0.1, -0.05) is 30.3 Å². The summed E-state index contributed by atoms with van der Waals surface area (Å²) in [5.74, 6) is 0.865. The zero-order valence-corrected chi connectivity index (χ0v) is 17.6. The number of H-pyrrole nitrogens is 1. The van der Waals surface area contributed by atoms with Crippen molar-refractivity contribution in [2.45, 2.75) is 19.4 Å². The summed E-state index contributed by atoms with van der Waals surface area (Å²) in [5, 5.41) is 20.9. The molecule has 0 radical (unpaired) electrons. The Kier molecular flexibility index (Phi) is 7.40. The number of amidine groups is 2. The summed E-state index contributed by atoms with van der Waals surface area (Å²) in [5.41, 5.74) is 8.47. The third-order valence-electron chi connectivity index (χ3n) is 5.10. The number of hydrogen-bond donors (Lipinski definition) is 5. The van der Waals surface area contributed by atoms with Crippen molar-refractivity contribution in [1.82, 2.24) is 15.2 Å². The van der Waals surface area contributed by atoms with Crippen molar-refractivity contribution in [2.24, 2.45) is 5.73 Å². The first kappa shape index (κ1) is 22.0. The number of benzene rings is 2. The summed E-state index contributed by atoms with van der Waals surface area (Å²) >= 11 is 0. The zero-order valence-electron chi connectivity index (χ0n) is 17.6. The molecule has 0 aliphatic heterocycles. The molecule has 3 aromatic rings. The van der Waals surface area contributed by atoms with Crippen LogP contribution in [0.4, 0.5) is 0 Å². The molecular weight excluding hydrogens is 392 g/mol. The van der Waals surface area contributed by atoms with E-state index in [4.69, 9.17) is 21.3 Å². The molecule has 0 saturated heterocycles. The lowest BCUT2D eigenvalue weighted by molar-refractivity contribution is -0.119. The number of para-hydroxylation sites is 1. The summed E-state index contributed by atoms with van der Waals surface area (Å²) in [7, 11) is 1.61. The molecule has 162 valence electrons. The third-order valence-corrected chi connectivity index (χ3v) is 5.10. The molecule has 0 fully saturated rings. The zero-order chi connectivity index (χ0) is 22.2. The fourth-order valence-corrected chi connectivity index (χ4v) is 3.34. The number of aryl methyl sites for hydroxylation is 1. The highest BCUT2D eigenvalue weighted by molar-refractivity contribution is 6.00. The number of carbonyl (C=O) groups is 1. The molecule has 1 amide bonds. The highest BCUT2D eigenvalue weighted by Crippen LogP contribution is 2.20. The van der Waals surface area contributed by atoms with E-state index in [1.54, 1.807) is 12.0 Å². The predicted octanol–water partition coefficient (Wildman–Crippen LogP) is 2.64. The highest BCUT2D eigenvalue weighted by atomic mass is 16.5. The number of aromatic amines is 1. The number of rotatable bonds is 9. The van der Waals surface area contributed by atoms with Crippen molar-refractivity contribution in [3.05, 3.63) is 65.9 Å². The third kappa shape index (κ3) is 5.70. The molecule has 1 heterocycles. The van der Waals surface area contributed by atoms with Crippen LogP contribution < -0.4 is 15.8 Å². The number of nitrogens with one attached hydrogen (secondary N) is 4. The molecule has 31 heavy (non-hydrogen) atoms. The molecule has 0 atom stereocenters. The van der Waals surface area contributed by atoms with Crippen LogP contribution in [-0.2, 0) is 17.8 Å². The molecule has 0 bridgehead atoms. The van der Waals surface area contributed by atoms with Crippen LogP contribution in [0.5, 0.6) is 5.75 Å². The van der Waals surface area contributed by atoms with Gasteiger partial charge in [-0.05, 0) is 35.7 Å². The van der Waals surface area contributed by atoms with Crippen LogP contribution in [0.2, 0.25) is 0 Å². The summed E-state index contributed by atoms with van der Waals surface area (Å²) < 4.78 is 5.20. The summed E-state index contributed by atoms with van der Waals surface area (Å²) in [4.78, 5) is 16.4. The standard InChI is InChI=1S/C23H28N6O2/c1-31-18-9-6-16(7-10-18)15-29(22(26)14-28-23(30)12-24)21(25)11-8-17-13-27-20-5-3-2-4-19(17)20/h2-7,9-10,13,25-27H,8,11-12,14-15,24H2,1H3,(H,28,30). The largest absolute Gasteiger partial charge is 0.497 e. The van der Waals surface area contributed by atoms with Crippen LogP contribution in [0.1, 0.15) is 17.5 Å². The van der Waals surface area contributed by atoms with Crippen LogP contribution >= 0.6 is 0 Å². The summed E-state index contributed by atoms with van der Waals surface area (Å²) in [6.45, 7) is 0.236. The van der Waals surface area contributed by atoms with Gasteiger partial charge >= 0.3 is 0 Å². The molecule has 0 aliphatic carbocycles. The fraction of sp³-hybridized carbons (Fsp3) is 0.261. The van der Waals surface area contributed by atoms with E-state index in [2.05, 4.69) is 16.4 Å². The quantitative estimate of drug-likeness (QED) is 0.269. The molecule has 8 nitrogen and oxygen atoms in total. The monoisotopic (exact) mass is 420 g/mol. The average molecular weight is 421 g/mol. The second-order valence-electron chi connectivity index (χ2n) is 7.17. The van der Waals surface area contributed by atoms with Crippen molar-refractivity contribution < 1.29 is 9.53 Å². The maximum absolute atomic E-state index is 11.5. The molecule has 8 heteroatoms. The van der Waals surface area contributed by atoms with Crippen LogP contribution in [0.25, 0.3) is 10.9 Å². The molecule has 0 aliphatic rings. The first-order valence-corrected chi connectivity index (χ1v) is 10.1. The van der Waals surface area contributed by atoms with Gasteiger partial charge in [0.2, 0.25) is 5.91 Å². The van der Waals surface area contributed by atoms with Crippen molar-refractivity contribution in [3.8, 4) is 5.75 Å². The van der Waals surface area contributed by atoms with Gasteiger partial charge in [-0.25, -0.2) is 0 Å². The minimum atomic E-state index is -0.334. The Hall–Kier alpha value is -3.65. The Morgan fingerprint density at radius 2 is 1.87 bits per heavy atom. The maximum atomic E-state index is 11.5. The van der Waals surface area contributed by atoms with Crippen molar-refractivity contribution >= 4 is 28.5 Å². The van der Waals surface area contributed by atoms with E-state index in [0.29, 0.717) is 25.2 Å². The lowest BCUT2D eigenvalue weighted by Crippen LogP contribution is -2.43. The average Bonchev–Trinajstić information content (AvgIpc) is 3.22. The van der Waals surface area contributed by atoms with Gasteiger partial charge in [0, 0.05) is 23.5 Å². The Bertz CT molecular complexity index is 1060. The lowest BCUT2D eigenvalue weighted by Gasteiger charge is -2.26. The van der Waals surface area contributed by atoms with Gasteiger partial charge in [0.25, 0.3) is 0 Å². The van der Waals surface area contributed by atoms with E-state index in [9.17, 15) is 4.79 Å². The molecule has 0 saturated carbocycles. The van der Waals surface area contributed by atoms with Gasteiger partial charge in [-0.3, -0.25) is 15.6 Å². The van der Waals surface area contributed by atoms with Crippen molar-refractivity contribution in [2.75, 3.05) is 20.2 Å². The van der Waals surface area contributed by atoms with Gasteiger partial charge in [-0.2, -0.15) is 0 Å². The Balaban J connectivity index is 1.72. The first-order valence-electron chi connectivity index (χ1n) is 10.1. The van der Waals surface area contributed by atoms with E-state index < -0.39 is 0 Å². The summed E-state index contributed by atoms with van der Waals surface area (Å²) in [6.07, 6.45) is 3.11. The first-order chi connectivity index (χ1) is 15.0. The molecule has 2 aromatic carbocycles. The maximum Gasteiger partial charge on any atom is 0.234 e. The minimum absolute atomic E-state index is 0.0155. The topological polar surface area (TPSA) is 131 Å². The van der Waals surface area contributed by atoms with E-state index in [1.165, 1.54) is 0 Å². The number of nitrogens with zero attached hydrogens (tertiary/aromatic N) is 1. The van der Waals surface area contributed by atoms with E-state index >= 15 is 0 Å². The fourth-order valence-electron chi connectivity index (χ4n) is 3.34. The number of hydrogen-bond acceptors (Lipinski definition) is 5. The van der Waals surface area contributed by atoms with E-state index in [0.717, 1.165) is 27.8 Å². The Morgan fingerprint density at radius 1 is 1.13 bits per heavy atom. The molecule has 3 rings (SSSR count). The Morgan fingerprint density at radius 3 is 2.58 bits per heavy atom. The van der Waals surface area contributed by atoms with Crippen LogP contribution in [0.15, 0.2) is 54.7 Å². The van der Waals surface area contributed by atoms with Gasteiger partial charge < -0.3 is 25.7 Å². The van der Waals surface area contributed by atoms with Crippen molar-refractivity contribution in [3.63, 3.8) is 0 Å². The SMILES string of the molecule is COc1ccc(CN(C(=N)CCc2c[nH]c3ccccc23)C(=N)CNC(=O)CN)cc1. The van der Waals surface area contributed by atoms with Gasteiger partial charge in [0.15, 0.2) is 0 Å². The molecule has 6 N–H and O–H groups in total. The molecule has 0 unspecified atom stereocenters. The number of amides is 1. The molecular formula is C23H28N6O2. The van der Waals surface area contributed by atoms with Crippen molar-refractivity contribution in [1.29, 1.82) is 10.8 Å². The van der Waals surface area contributed by atoms with Gasteiger partial charge in [0.05, 0.1) is 26.7 Å². The van der Waals surface area contributed by atoms with Crippen LogP contribution in [0, 0.1) is 10.8 Å². The van der Waals surface area contributed by atoms with Gasteiger partial charge in [-0.15, -0.1) is 0 Å². The number of methoxy groups -OCH3 is 1. The van der Waals surface area contributed by atoms with E-state index in [-0.39, 0.29) is 24.8 Å². The second-order valence-corrected chi connectivity index (χ2v) is 7.17. The van der Waals surface area contributed by atoms with Crippen LogP contribution in [-0.4, -0.2) is 47.7 Å². The number of nitrogens with two attached hydrogens (primary N) is 1. The number of ether oxygens (including phenoxy) is 1. The minimum Gasteiger partial charge on any atom is -0.497 e. The second kappa shape index (κ2) is 10.4. The number of fused-ring (bicyclic) bond motifs is 1. The molecule has 1 aromatic heterocycles.